The second-order valence-corrected chi connectivity index (χ2v) is 3.94. The smallest absolute Gasteiger partial charge is 0.323 e. The number of carbonyl (C=O) groups is 1. The number of hydrogen-bond donors (Lipinski definition) is 1. The van der Waals surface area contributed by atoms with Crippen molar-refractivity contribution < 1.29 is 14.6 Å². The molecule has 2 heterocycles. The molecule has 0 aromatic carbocycles. The lowest BCUT2D eigenvalue weighted by molar-refractivity contribution is -0.144. The summed E-state index contributed by atoms with van der Waals surface area (Å²) in [5.41, 5.74) is 0. The number of aliphatic hydroxyl groups is 1. The van der Waals surface area contributed by atoms with Gasteiger partial charge in [0.2, 0.25) is 0 Å². The molecule has 74 valence electrons. The largest absolute Gasteiger partial charge is 0.461 e. The Bertz CT molecular complexity index is 219. The number of β-amino-alcohol motifs (C(OH)–C–C–N with tert-alkyl or cyclic N) is 1. The van der Waals surface area contributed by atoms with E-state index in [9.17, 15) is 9.90 Å². The zero-order chi connectivity index (χ0) is 9.42. The summed E-state index contributed by atoms with van der Waals surface area (Å²) in [4.78, 5) is 13.4. The molecule has 2 aliphatic rings. The summed E-state index contributed by atoms with van der Waals surface area (Å²) in [5.74, 6) is -0.124. The molecule has 0 aromatic rings. The number of rotatable bonds is 1. The molecule has 2 aliphatic heterocycles. The number of nitrogens with zero attached hydrogens (tertiary/aromatic N) is 1. The number of ether oxygens (including phenoxy) is 1. The Morgan fingerprint density at radius 1 is 1.62 bits per heavy atom. The van der Waals surface area contributed by atoms with E-state index in [0.717, 1.165) is 19.4 Å². The number of esters is 1. The van der Waals surface area contributed by atoms with Crippen molar-refractivity contribution in [3.8, 4) is 0 Å². The van der Waals surface area contributed by atoms with Gasteiger partial charge in [-0.25, -0.2) is 0 Å². The van der Waals surface area contributed by atoms with Crippen LogP contribution < -0.4 is 0 Å². The molecule has 0 aromatic heterocycles. The van der Waals surface area contributed by atoms with E-state index in [0.29, 0.717) is 6.54 Å². The fraction of sp³-hybridized carbons (Fsp3) is 0.889. The summed E-state index contributed by atoms with van der Waals surface area (Å²) in [6, 6.07) is -0.104. The topological polar surface area (TPSA) is 49.8 Å². The zero-order valence-electron chi connectivity index (χ0n) is 7.77. The van der Waals surface area contributed by atoms with Crippen LogP contribution in [0, 0.1) is 0 Å². The average Bonchev–Trinajstić information content (AvgIpc) is 2.58. The van der Waals surface area contributed by atoms with E-state index in [-0.39, 0.29) is 24.2 Å². The standard InChI is InChI=1S/C9H15NO3/c1-6-4-8(9(12)13-6)10-3-2-7(11)5-10/h6-8,11H,2-5H2,1H3/t6?,7-,8?/m1/s1. The maximum Gasteiger partial charge on any atom is 0.323 e. The first-order valence-corrected chi connectivity index (χ1v) is 4.79. The van der Waals surface area contributed by atoms with Gasteiger partial charge in [-0.3, -0.25) is 9.69 Å². The molecule has 0 spiro atoms. The first-order chi connectivity index (χ1) is 6.16. The van der Waals surface area contributed by atoms with E-state index in [1.165, 1.54) is 0 Å². The normalized spacial score (nSPS) is 41.1. The maximum atomic E-state index is 11.3. The van der Waals surface area contributed by atoms with Gasteiger partial charge >= 0.3 is 5.97 Å². The number of likely N-dealkylation sites (tertiary alicyclic amines) is 1. The highest BCUT2D eigenvalue weighted by atomic mass is 16.6. The predicted molar refractivity (Wildman–Crippen MR) is 46.2 cm³/mol. The summed E-state index contributed by atoms with van der Waals surface area (Å²) in [6.07, 6.45) is 1.32. The predicted octanol–water partition coefficient (Wildman–Crippen LogP) is -0.243. The molecule has 0 radical (unpaired) electrons. The van der Waals surface area contributed by atoms with E-state index in [4.69, 9.17) is 4.74 Å². The van der Waals surface area contributed by atoms with Gasteiger partial charge in [0.05, 0.1) is 6.10 Å². The molecule has 4 nitrogen and oxygen atoms in total. The van der Waals surface area contributed by atoms with Crippen molar-refractivity contribution in [3.63, 3.8) is 0 Å². The fourth-order valence-corrected chi connectivity index (χ4v) is 2.08. The molecule has 0 bridgehead atoms. The van der Waals surface area contributed by atoms with Crippen LogP contribution in [0.2, 0.25) is 0 Å². The third-order valence-electron chi connectivity index (χ3n) is 2.78. The van der Waals surface area contributed by atoms with Crippen LogP contribution in [0.3, 0.4) is 0 Å². The summed E-state index contributed by atoms with van der Waals surface area (Å²) >= 11 is 0. The molecular weight excluding hydrogens is 170 g/mol. The minimum absolute atomic E-state index is 0.0373. The van der Waals surface area contributed by atoms with Crippen LogP contribution >= 0.6 is 0 Å². The Hall–Kier alpha value is -0.610. The Labute approximate surface area is 77.5 Å². The quantitative estimate of drug-likeness (QED) is 0.573. The minimum atomic E-state index is -0.260. The molecule has 0 saturated carbocycles. The van der Waals surface area contributed by atoms with Crippen LogP contribution in [0.1, 0.15) is 19.8 Å². The number of aliphatic hydroxyl groups excluding tert-OH is 1. The van der Waals surface area contributed by atoms with Crippen molar-refractivity contribution in [2.45, 2.75) is 38.0 Å². The molecule has 2 fully saturated rings. The van der Waals surface area contributed by atoms with Crippen LogP contribution in [-0.4, -0.2) is 47.3 Å². The van der Waals surface area contributed by atoms with Gasteiger partial charge in [0.25, 0.3) is 0 Å². The van der Waals surface area contributed by atoms with Gasteiger partial charge in [0.1, 0.15) is 12.1 Å². The Balaban J connectivity index is 1.97. The molecule has 0 amide bonds. The van der Waals surface area contributed by atoms with Crippen molar-refractivity contribution in [3.05, 3.63) is 0 Å². The molecule has 2 saturated heterocycles. The fourth-order valence-electron chi connectivity index (χ4n) is 2.08. The van der Waals surface area contributed by atoms with E-state index in [1.54, 1.807) is 0 Å². The monoisotopic (exact) mass is 185 g/mol. The molecule has 2 rings (SSSR count). The molecule has 13 heavy (non-hydrogen) atoms. The highest BCUT2D eigenvalue weighted by Crippen LogP contribution is 2.23. The molecule has 0 aliphatic carbocycles. The Morgan fingerprint density at radius 3 is 2.85 bits per heavy atom. The van der Waals surface area contributed by atoms with Gasteiger partial charge in [-0.1, -0.05) is 0 Å². The van der Waals surface area contributed by atoms with E-state index in [1.807, 2.05) is 11.8 Å². The van der Waals surface area contributed by atoms with Gasteiger partial charge in [-0.2, -0.15) is 0 Å². The van der Waals surface area contributed by atoms with Gasteiger partial charge in [0.15, 0.2) is 0 Å². The lowest BCUT2D eigenvalue weighted by Gasteiger charge is -2.19. The first kappa shape index (κ1) is 8.97. The lowest BCUT2D eigenvalue weighted by Crippen LogP contribution is -2.37. The highest BCUT2D eigenvalue weighted by molar-refractivity contribution is 5.78. The van der Waals surface area contributed by atoms with Crippen molar-refractivity contribution >= 4 is 5.97 Å². The molecule has 2 unspecified atom stereocenters. The number of cyclic esters (lactones) is 1. The second kappa shape index (κ2) is 3.27. The minimum Gasteiger partial charge on any atom is -0.461 e. The van der Waals surface area contributed by atoms with Crippen molar-refractivity contribution in [1.82, 2.24) is 4.90 Å². The molecule has 1 N–H and O–H groups in total. The first-order valence-electron chi connectivity index (χ1n) is 4.79. The van der Waals surface area contributed by atoms with Gasteiger partial charge in [0, 0.05) is 19.5 Å². The third-order valence-corrected chi connectivity index (χ3v) is 2.78. The second-order valence-electron chi connectivity index (χ2n) is 3.94. The summed E-state index contributed by atoms with van der Waals surface area (Å²) in [7, 11) is 0. The van der Waals surface area contributed by atoms with Gasteiger partial charge < -0.3 is 9.84 Å². The summed E-state index contributed by atoms with van der Waals surface area (Å²) in [5, 5.41) is 9.32. The number of hydrogen-bond acceptors (Lipinski definition) is 4. The Kier molecular flexibility index (Phi) is 2.26. The average molecular weight is 185 g/mol. The van der Waals surface area contributed by atoms with Crippen LogP contribution in [0.4, 0.5) is 0 Å². The molecular formula is C9H15NO3. The number of carbonyl (C=O) groups excluding carboxylic acids is 1. The molecule has 3 atom stereocenters. The van der Waals surface area contributed by atoms with Gasteiger partial charge in [-0.15, -0.1) is 0 Å². The Morgan fingerprint density at radius 2 is 2.38 bits per heavy atom. The van der Waals surface area contributed by atoms with Crippen molar-refractivity contribution in [2.24, 2.45) is 0 Å². The SMILES string of the molecule is CC1CC(N2CC[C@@H](O)C2)C(=O)O1. The summed E-state index contributed by atoms with van der Waals surface area (Å²) < 4.78 is 5.06. The van der Waals surface area contributed by atoms with E-state index < -0.39 is 0 Å². The van der Waals surface area contributed by atoms with Crippen LogP contribution in [0.15, 0.2) is 0 Å². The zero-order valence-corrected chi connectivity index (χ0v) is 7.77. The maximum absolute atomic E-state index is 11.3. The third kappa shape index (κ3) is 1.69. The van der Waals surface area contributed by atoms with Crippen LogP contribution in [-0.2, 0) is 9.53 Å². The van der Waals surface area contributed by atoms with Crippen LogP contribution in [0.5, 0.6) is 0 Å². The van der Waals surface area contributed by atoms with Crippen molar-refractivity contribution in [1.29, 1.82) is 0 Å². The highest BCUT2D eigenvalue weighted by Gasteiger charge is 2.39. The van der Waals surface area contributed by atoms with E-state index in [2.05, 4.69) is 0 Å². The van der Waals surface area contributed by atoms with Gasteiger partial charge in [-0.05, 0) is 13.3 Å². The molecule has 4 heteroatoms. The summed E-state index contributed by atoms with van der Waals surface area (Å²) in [6.45, 7) is 3.34. The van der Waals surface area contributed by atoms with E-state index >= 15 is 0 Å². The lowest BCUT2D eigenvalue weighted by atomic mass is 10.1. The van der Waals surface area contributed by atoms with Crippen LogP contribution in [0.25, 0.3) is 0 Å². The van der Waals surface area contributed by atoms with Crippen molar-refractivity contribution in [2.75, 3.05) is 13.1 Å².